The summed E-state index contributed by atoms with van der Waals surface area (Å²) in [4.78, 5) is 39.6. The molecular formula is C26H45N5O7S. The van der Waals surface area contributed by atoms with Crippen LogP contribution in [0.2, 0.25) is 0 Å². The molecular weight excluding hydrogens is 526 g/mol. The van der Waals surface area contributed by atoms with E-state index in [2.05, 4.69) is 20.1 Å². The Hall–Kier alpha value is -2.58. The van der Waals surface area contributed by atoms with Crippen LogP contribution < -0.4 is 15.4 Å². The van der Waals surface area contributed by atoms with Gasteiger partial charge in [-0.15, -0.1) is 0 Å². The molecule has 1 rings (SSSR count). The predicted octanol–water partition coefficient (Wildman–Crippen LogP) is -0.115. The predicted molar refractivity (Wildman–Crippen MR) is 149 cm³/mol. The fraction of sp³-hybridized carbons (Fsp3) is 0.654. The number of amides is 2. The van der Waals surface area contributed by atoms with Gasteiger partial charge in [-0.1, -0.05) is 51.1 Å². The number of esters is 1. The molecule has 0 bridgehead atoms. The van der Waals surface area contributed by atoms with Crippen LogP contribution >= 0.6 is 0 Å². The smallest absolute Gasteiger partial charge is 0.326 e. The maximum Gasteiger partial charge on any atom is 0.326 e. The van der Waals surface area contributed by atoms with Crippen molar-refractivity contribution < 1.29 is 32.6 Å². The van der Waals surface area contributed by atoms with Gasteiger partial charge in [0.1, 0.15) is 11.6 Å². The minimum absolute atomic E-state index is 0.0908. The Morgan fingerprint density at radius 2 is 1.56 bits per heavy atom. The molecule has 1 aromatic rings. The summed E-state index contributed by atoms with van der Waals surface area (Å²) in [6.07, 6.45) is -1.14. The second kappa shape index (κ2) is 14.2. The monoisotopic (exact) mass is 571 g/mol. The summed E-state index contributed by atoms with van der Waals surface area (Å²) >= 11 is 0. The van der Waals surface area contributed by atoms with E-state index in [-0.39, 0.29) is 18.9 Å². The first-order chi connectivity index (χ1) is 17.8. The molecule has 222 valence electrons. The van der Waals surface area contributed by atoms with E-state index in [0.717, 1.165) is 17.0 Å². The van der Waals surface area contributed by atoms with Crippen LogP contribution in [0.15, 0.2) is 30.3 Å². The van der Waals surface area contributed by atoms with Crippen LogP contribution in [0.3, 0.4) is 0 Å². The van der Waals surface area contributed by atoms with Crippen LogP contribution in [-0.4, -0.2) is 106 Å². The Morgan fingerprint density at radius 1 is 1.00 bits per heavy atom. The summed E-state index contributed by atoms with van der Waals surface area (Å²) in [5.74, 6) is -1.62. The van der Waals surface area contributed by atoms with Crippen molar-refractivity contribution in [1.82, 2.24) is 24.6 Å². The second-order valence-corrected chi connectivity index (χ2v) is 13.3. The summed E-state index contributed by atoms with van der Waals surface area (Å²) in [6.45, 7) is 7.85. The maximum atomic E-state index is 13.4. The number of hydrogen-bond donors (Lipinski definition) is 4. The fourth-order valence-corrected chi connectivity index (χ4v) is 5.01. The lowest BCUT2D eigenvalue weighted by Gasteiger charge is -2.34. The molecule has 0 aliphatic rings. The maximum absolute atomic E-state index is 13.4. The molecule has 39 heavy (non-hydrogen) atoms. The van der Waals surface area contributed by atoms with E-state index in [1.54, 1.807) is 19.0 Å². The molecule has 0 aliphatic heterocycles. The minimum atomic E-state index is -4.22. The number of rotatable bonds is 14. The van der Waals surface area contributed by atoms with Gasteiger partial charge in [0.05, 0.1) is 25.8 Å². The molecule has 2 amide bonds. The van der Waals surface area contributed by atoms with Gasteiger partial charge >= 0.3 is 5.97 Å². The Bertz CT molecular complexity index is 1070. The largest absolute Gasteiger partial charge is 0.468 e. The Labute approximate surface area is 232 Å². The van der Waals surface area contributed by atoms with Gasteiger partial charge in [-0.05, 0) is 45.3 Å². The molecule has 0 fully saturated rings. The van der Waals surface area contributed by atoms with Gasteiger partial charge in [0.25, 0.3) is 10.2 Å². The summed E-state index contributed by atoms with van der Waals surface area (Å²) < 4.78 is 33.6. The normalized spacial score (nSPS) is 15.0. The van der Waals surface area contributed by atoms with Crippen molar-refractivity contribution in [2.75, 3.05) is 41.3 Å². The summed E-state index contributed by atoms with van der Waals surface area (Å²) in [5, 5.41) is 16.8. The Morgan fingerprint density at radius 3 is 2.05 bits per heavy atom. The second-order valence-electron chi connectivity index (χ2n) is 11.5. The van der Waals surface area contributed by atoms with Gasteiger partial charge in [0.2, 0.25) is 11.8 Å². The zero-order chi connectivity index (χ0) is 30.2. The van der Waals surface area contributed by atoms with E-state index < -0.39 is 57.8 Å². The molecule has 1 aromatic carbocycles. The molecule has 3 atom stereocenters. The van der Waals surface area contributed by atoms with Crippen LogP contribution in [-0.2, 0) is 35.8 Å². The van der Waals surface area contributed by atoms with Crippen molar-refractivity contribution in [3.63, 3.8) is 0 Å². The third kappa shape index (κ3) is 11.2. The summed E-state index contributed by atoms with van der Waals surface area (Å²) in [6, 6.07) is 7.30. The lowest BCUT2D eigenvalue weighted by Crippen LogP contribution is -2.60. The first kappa shape index (κ1) is 34.4. The highest BCUT2D eigenvalue weighted by Gasteiger charge is 2.38. The molecule has 0 radical (unpaired) electrons. The highest BCUT2D eigenvalue weighted by molar-refractivity contribution is 7.87. The lowest BCUT2D eigenvalue weighted by molar-refractivity contribution is -0.146. The van der Waals surface area contributed by atoms with Gasteiger partial charge in [-0.3, -0.25) is 14.4 Å². The topological polar surface area (TPSA) is 157 Å². The van der Waals surface area contributed by atoms with Crippen LogP contribution in [0.1, 0.15) is 40.2 Å². The van der Waals surface area contributed by atoms with Crippen molar-refractivity contribution in [1.29, 1.82) is 0 Å². The number of carbonyl (C=O) groups excluding carboxylic acids is 3. The van der Waals surface area contributed by atoms with Crippen molar-refractivity contribution >= 4 is 28.0 Å². The fourth-order valence-electron chi connectivity index (χ4n) is 3.77. The van der Waals surface area contributed by atoms with Crippen molar-refractivity contribution in [2.24, 2.45) is 5.41 Å². The molecule has 0 saturated heterocycles. The molecule has 0 saturated carbocycles. The third-order valence-corrected chi connectivity index (χ3v) is 7.66. The van der Waals surface area contributed by atoms with E-state index in [9.17, 15) is 27.9 Å². The molecule has 0 spiro atoms. The number of nitrogens with one attached hydrogen (secondary N) is 3. The SMILES string of the molecule is COC(=O)C(C)(C)NS(=O)(=O)N(C)CC(O)C(Cc1ccccc1)NC(=O)[C@@H](NC(=O)CN(C)C)C(C)(C)C. The first-order valence-electron chi connectivity index (χ1n) is 12.6. The van der Waals surface area contributed by atoms with E-state index in [0.29, 0.717) is 0 Å². The number of aliphatic hydroxyl groups excluding tert-OH is 1. The Balaban J connectivity index is 3.19. The van der Waals surface area contributed by atoms with Gasteiger partial charge < -0.3 is 25.4 Å². The number of carbonyl (C=O) groups is 3. The zero-order valence-electron chi connectivity index (χ0n) is 24.4. The molecule has 0 aliphatic carbocycles. The number of methoxy groups -OCH3 is 1. The standard InChI is InChI=1S/C26H45N5O7S/c1-25(2,3)22(28-21(33)17-30(6)7)23(34)27-19(15-18-13-11-10-12-14-18)20(32)16-31(8)39(36,37)29-26(4,5)24(35)38-9/h10-14,19-20,22,29,32H,15-17H2,1-9H3,(H,27,34)(H,28,33)/t19?,20?,22-/m1/s1. The highest BCUT2D eigenvalue weighted by Crippen LogP contribution is 2.20. The van der Waals surface area contributed by atoms with Crippen molar-refractivity contribution in [3.05, 3.63) is 35.9 Å². The summed E-state index contributed by atoms with van der Waals surface area (Å²) in [5.41, 5.74) is -1.39. The van der Waals surface area contributed by atoms with Crippen molar-refractivity contribution in [2.45, 2.75) is 64.8 Å². The van der Waals surface area contributed by atoms with E-state index in [1.807, 2.05) is 51.1 Å². The molecule has 0 heterocycles. The van der Waals surface area contributed by atoms with Crippen LogP contribution in [0.4, 0.5) is 0 Å². The molecule has 0 aromatic heterocycles. The number of hydrogen-bond acceptors (Lipinski definition) is 8. The number of likely N-dealkylation sites (N-methyl/N-ethyl adjacent to an activating group) is 2. The van der Waals surface area contributed by atoms with E-state index in [1.165, 1.54) is 20.9 Å². The average Bonchev–Trinajstić information content (AvgIpc) is 2.80. The molecule has 13 heteroatoms. The van der Waals surface area contributed by atoms with Crippen LogP contribution in [0.5, 0.6) is 0 Å². The number of benzene rings is 1. The molecule has 4 N–H and O–H groups in total. The quantitative estimate of drug-likeness (QED) is 0.225. The molecule has 12 nitrogen and oxygen atoms in total. The third-order valence-electron chi connectivity index (χ3n) is 5.92. The van der Waals surface area contributed by atoms with E-state index in [4.69, 9.17) is 0 Å². The first-order valence-corrected chi connectivity index (χ1v) is 14.0. The molecule has 2 unspecified atom stereocenters. The minimum Gasteiger partial charge on any atom is -0.468 e. The number of ether oxygens (including phenoxy) is 1. The van der Waals surface area contributed by atoms with Crippen LogP contribution in [0, 0.1) is 5.41 Å². The number of nitrogens with zero attached hydrogens (tertiary/aromatic N) is 2. The zero-order valence-corrected chi connectivity index (χ0v) is 25.3. The van der Waals surface area contributed by atoms with Gasteiger partial charge in [0, 0.05) is 13.6 Å². The van der Waals surface area contributed by atoms with Crippen LogP contribution in [0.25, 0.3) is 0 Å². The lowest BCUT2D eigenvalue weighted by atomic mass is 9.85. The van der Waals surface area contributed by atoms with Crippen molar-refractivity contribution in [3.8, 4) is 0 Å². The van der Waals surface area contributed by atoms with E-state index >= 15 is 0 Å². The Kier molecular flexibility index (Phi) is 12.5. The summed E-state index contributed by atoms with van der Waals surface area (Å²) in [7, 11) is 1.66. The average molecular weight is 572 g/mol. The number of aliphatic hydroxyl groups is 1. The van der Waals surface area contributed by atoms with Gasteiger partial charge in [0.15, 0.2) is 0 Å². The van der Waals surface area contributed by atoms with Gasteiger partial charge in [-0.2, -0.15) is 17.4 Å². The van der Waals surface area contributed by atoms with Gasteiger partial charge in [-0.25, -0.2) is 0 Å². The highest BCUT2D eigenvalue weighted by atomic mass is 32.2.